The van der Waals surface area contributed by atoms with Crippen molar-refractivity contribution in [2.75, 3.05) is 16.8 Å². The van der Waals surface area contributed by atoms with Gasteiger partial charge in [0.25, 0.3) is 0 Å². The van der Waals surface area contributed by atoms with Crippen LogP contribution in [0.4, 0.5) is 17.5 Å². The Bertz CT molecular complexity index is 1040. The maximum Gasteiger partial charge on any atom is 0.225 e. The predicted molar refractivity (Wildman–Crippen MR) is 118 cm³/mol. The normalized spacial score (nSPS) is 10.5. The maximum absolute atomic E-state index is 4.81. The first-order chi connectivity index (χ1) is 14.3. The summed E-state index contributed by atoms with van der Waals surface area (Å²) in [7, 11) is 0. The summed E-state index contributed by atoms with van der Waals surface area (Å²) in [6.07, 6.45) is 3.58. The van der Waals surface area contributed by atoms with Crippen molar-refractivity contribution in [3.05, 3.63) is 96.8 Å². The Morgan fingerprint density at radius 1 is 0.828 bits per heavy atom. The number of nitrogens with zero attached hydrogens (tertiary/aromatic N) is 4. The number of benzene rings is 2. The molecule has 4 aromatic rings. The van der Waals surface area contributed by atoms with Gasteiger partial charge in [-0.1, -0.05) is 48.5 Å². The van der Waals surface area contributed by atoms with Crippen molar-refractivity contribution in [1.82, 2.24) is 15.0 Å². The van der Waals surface area contributed by atoms with E-state index in [1.54, 1.807) is 12.4 Å². The van der Waals surface area contributed by atoms with Gasteiger partial charge in [-0.25, -0.2) is 4.98 Å². The zero-order valence-electron chi connectivity index (χ0n) is 16.4. The Morgan fingerprint density at radius 3 is 2.21 bits per heavy atom. The number of nitrogens with one attached hydrogen (secondary N) is 1. The van der Waals surface area contributed by atoms with Crippen LogP contribution in [0.15, 0.2) is 91.3 Å². The van der Waals surface area contributed by atoms with Gasteiger partial charge >= 0.3 is 0 Å². The van der Waals surface area contributed by atoms with Gasteiger partial charge in [0, 0.05) is 42.8 Å². The third-order valence-electron chi connectivity index (χ3n) is 4.64. The Morgan fingerprint density at radius 2 is 1.52 bits per heavy atom. The van der Waals surface area contributed by atoms with Crippen LogP contribution in [0.5, 0.6) is 0 Å². The molecule has 0 unspecified atom stereocenters. The lowest BCUT2D eigenvalue weighted by Gasteiger charge is -2.23. The predicted octanol–water partition coefficient (Wildman–Crippen LogP) is 5.31. The first kappa shape index (κ1) is 18.6. The molecule has 0 bridgehead atoms. The highest BCUT2D eigenvalue weighted by Gasteiger charge is 2.13. The fraction of sp³-hybridized carbons (Fsp3) is 0.125. The zero-order valence-corrected chi connectivity index (χ0v) is 16.4. The summed E-state index contributed by atoms with van der Waals surface area (Å²) in [5.74, 6) is 1.47. The SMILES string of the molecule is CCN(c1ccccc1)c1cc(-c2ccccc2)nc(NCc2ccncc2)n1. The van der Waals surface area contributed by atoms with Gasteiger partial charge in [0.05, 0.1) is 5.69 Å². The van der Waals surface area contributed by atoms with Crippen LogP contribution in [0.25, 0.3) is 11.3 Å². The van der Waals surface area contributed by atoms with Gasteiger partial charge < -0.3 is 10.2 Å². The molecule has 4 rings (SSSR count). The molecule has 0 saturated heterocycles. The number of aromatic nitrogens is 3. The molecule has 1 N–H and O–H groups in total. The van der Waals surface area contributed by atoms with Crippen LogP contribution in [-0.4, -0.2) is 21.5 Å². The van der Waals surface area contributed by atoms with E-state index in [1.165, 1.54) is 0 Å². The molecule has 5 nitrogen and oxygen atoms in total. The highest BCUT2D eigenvalue weighted by atomic mass is 15.2. The van der Waals surface area contributed by atoms with Crippen molar-refractivity contribution in [2.45, 2.75) is 13.5 Å². The third kappa shape index (κ3) is 4.58. The standard InChI is InChI=1S/C24H23N5/c1-2-29(21-11-7-4-8-12-21)23-17-22(20-9-5-3-6-10-20)27-24(28-23)26-18-19-13-15-25-16-14-19/h3-17H,2,18H2,1H3,(H,26,27,28). The number of anilines is 3. The van der Waals surface area contributed by atoms with Crippen LogP contribution in [-0.2, 0) is 6.54 Å². The van der Waals surface area contributed by atoms with Crippen molar-refractivity contribution in [1.29, 1.82) is 0 Å². The molecule has 5 heteroatoms. The fourth-order valence-corrected chi connectivity index (χ4v) is 3.18. The first-order valence-corrected chi connectivity index (χ1v) is 9.73. The van der Waals surface area contributed by atoms with E-state index in [4.69, 9.17) is 9.97 Å². The first-order valence-electron chi connectivity index (χ1n) is 9.73. The largest absolute Gasteiger partial charge is 0.350 e. The van der Waals surface area contributed by atoms with Crippen LogP contribution < -0.4 is 10.2 Å². The van der Waals surface area contributed by atoms with Crippen molar-refractivity contribution in [2.24, 2.45) is 0 Å². The molecule has 0 aliphatic heterocycles. The summed E-state index contributed by atoms with van der Waals surface area (Å²) >= 11 is 0. The lowest BCUT2D eigenvalue weighted by Crippen LogP contribution is -2.18. The molecule has 0 spiro atoms. The number of hydrogen-bond acceptors (Lipinski definition) is 5. The monoisotopic (exact) mass is 381 g/mol. The van der Waals surface area contributed by atoms with Gasteiger partial charge in [-0.15, -0.1) is 0 Å². The summed E-state index contributed by atoms with van der Waals surface area (Å²) in [4.78, 5) is 15.8. The van der Waals surface area contributed by atoms with E-state index in [0.717, 1.165) is 34.9 Å². The van der Waals surface area contributed by atoms with E-state index in [-0.39, 0.29) is 0 Å². The summed E-state index contributed by atoms with van der Waals surface area (Å²) < 4.78 is 0. The maximum atomic E-state index is 4.81. The van der Waals surface area contributed by atoms with Crippen molar-refractivity contribution in [3.8, 4) is 11.3 Å². The summed E-state index contributed by atoms with van der Waals surface area (Å²) in [6, 6.07) is 26.5. The molecule has 0 radical (unpaired) electrons. The minimum absolute atomic E-state index is 0.604. The second-order valence-corrected chi connectivity index (χ2v) is 6.59. The van der Waals surface area contributed by atoms with E-state index < -0.39 is 0 Å². The Hall–Kier alpha value is -3.73. The minimum Gasteiger partial charge on any atom is -0.350 e. The quantitative estimate of drug-likeness (QED) is 0.470. The van der Waals surface area contributed by atoms with Gasteiger partial charge in [0.1, 0.15) is 5.82 Å². The van der Waals surface area contributed by atoms with E-state index in [2.05, 4.69) is 46.4 Å². The topological polar surface area (TPSA) is 53.9 Å². The van der Waals surface area contributed by atoms with Crippen LogP contribution in [0.2, 0.25) is 0 Å². The van der Waals surface area contributed by atoms with Gasteiger partial charge in [-0.05, 0) is 36.8 Å². The molecule has 0 saturated carbocycles. The number of pyridine rings is 1. The third-order valence-corrected chi connectivity index (χ3v) is 4.64. The van der Waals surface area contributed by atoms with Gasteiger partial charge in [-0.3, -0.25) is 4.98 Å². The van der Waals surface area contributed by atoms with Gasteiger partial charge in [0.2, 0.25) is 5.95 Å². The molecule has 2 heterocycles. The Kier molecular flexibility index (Phi) is 5.76. The summed E-state index contributed by atoms with van der Waals surface area (Å²) in [5.41, 5.74) is 4.19. The van der Waals surface area contributed by atoms with Crippen LogP contribution in [0.1, 0.15) is 12.5 Å². The molecule has 2 aromatic heterocycles. The average Bonchev–Trinajstić information content (AvgIpc) is 2.80. The molecular formula is C24H23N5. The highest BCUT2D eigenvalue weighted by Crippen LogP contribution is 2.28. The molecule has 2 aromatic carbocycles. The smallest absolute Gasteiger partial charge is 0.225 e. The molecule has 29 heavy (non-hydrogen) atoms. The average molecular weight is 381 g/mol. The number of para-hydroxylation sites is 1. The molecule has 0 aliphatic carbocycles. The van der Waals surface area contributed by atoms with E-state index in [1.807, 2.05) is 54.6 Å². The molecule has 144 valence electrons. The van der Waals surface area contributed by atoms with E-state index in [9.17, 15) is 0 Å². The molecule has 0 amide bonds. The van der Waals surface area contributed by atoms with E-state index in [0.29, 0.717) is 12.5 Å². The number of hydrogen-bond donors (Lipinski definition) is 1. The number of rotatable bonds is 7. The zero-order chi connectivity index (χ0) is 19.9. The molecular weight excluding hydrogens is 358 g/mol. The van der Waals surface area contributed by atoms with E-state index >= 15 is 0 Å². The molecule has 0 fully saturated rings. The molecule has 0 aliphatic rings. The lowest BCUT2D eigenvalue weighted by molar-refractivity contribution is 0.967. The lowest BCUT2D eigenvalue weighted by atomic mass is 10.1. The van der Waals surface area contributed by atoms with Crippen molar-refractivity contribution < 1.29 is 0 Å². The van der Waals surface area contributed by atoms with Gasteiger partial charge in [0.15, 0.2) is 0 Å². The second kappa shape index (κ2) is 8.97. The van der Waals surface area contributed by atoms with Crippen molar-refractivity contribution >= 4 is 17.5 Å². The van der Waals surface area contributed by atoms with Crippen LogP contribution in [0, 0.1) is 0 Å². The fourth-order valence-electron chi connectivity index (χ4n) is 3.18. The summed E-state index contributed by atoms with van der Waals surface area (Å²) in [6.45, 7) is 3.57. The Labute approximate surface area is 171 Å². The van der Waals surface area contributed by atoms with Gasteiger partial charge in [-0.2, -0.15) is 4.98 Å². The van der Waals surface area contributed by atoms with Crippen LogP contribution >= 0.6 is 0 Å². The Balaban J connectivity index is 1.71. The summed E-state index contributed by atoms with van der Waals surface area (Å²) in [5, 5.41) is 3.37. The van der Waals surface area contributed by atoms with Crippen molar-refractivity contribution in [3.63, 3.8) is 0 Å². The minimum atomic E-state index is 0.604. The molecule has 0 atom stereocenters. The van der Waals surface area contributed by atoms with Crippen LogP contribution in [0.3, 0.4) is 0 Å². The second-order valence-electron chi connectivity index (χ2n) is 6.59. The highest BCUT2D eigenvalue weighted by molar-refractivity contribution is 5.68.